The van der Waals surface area contributed by atoms with Gasteiger partial charge in [-0.15, -0.1) is 13.2 Å². The van der Waals surface area contributed by atoms with Gasteiger partial charge in [-0.25, -0.2) is 0 Å². The van der Waals surface area contributed by atoms with Crippen molar-refractivity contribution in [1.29, 1.82) is 0 Å². The van der Waals surface area contributed by atoms with Crippen molar-refractivity contribution < 1.29 is 0 Å². The fraction of sp³-hybridized carbons (Fsp3) is 0.273. The molecule has 1 nitrogen and oxygen atoms in total. The summed E-state index contributed by atoms with van der Waals surface area (Å²) in [5.41, 5.74) is 0. The van der Waals surface area contributed by atoms with Crippen LogP contribution in [0, 0.1) is 0 Å². The lowest BCUT2D eigenvalue weighted by Crippen LogP contribution is -2.21. The molecule has 1 heterocycles. The summed E-state index contributed by atoms with van der Waals surface area (Å²) in [6, 6.07) is 2.08. The van der Waals surface area contributed by atoms with Crippen molar-refractivity contribution in [3.63, 3.8) is 0 Å². The molecule has 0 unspecified atom stereocenters. The first-order chi connectivity index (χ1) is 5.88. The molecule has 0 aliphatic carbocycles. The Bertz CT molecular complexity index is 306. The van der Waals surface area contributed by atoms with Crippen LogP contribution in [0.4, 0.5) is 0 Å². The molecule has 0 bridgehead atoms. The van der Waals surface area contributed by atoms with Crippen LogP contribution in [0.3, 0.4) is 0 Å². The predicted octanol–water partition coefficient (Wildman–Crippen LogP) is 1.81. The highest BCUT2D eigenvalue weighted by atomic mass is 14.6. The minimum absolute atomic E-state index is 1.08. The molecule has 0 aliphatic heterocycles. The minimum atomic E-state index is 1.08. The molecule has 0 spiro atoms. The average molecular weight is 163 g/mol. The maximum absolute atomic E-state index is 3.17. The SMILES string of the molecule is C/C=c1/cc[nH]/c1=C/CC.C=C. The van der Waals surface area contributed by atoms with Crippen LogP contribution in [-0.4, -0.2) is 4.98 Å². The van der Waals surface area contributed by atoms with Crippen molar-refractivity contribution in [2.75, 3.05) is 0 Å². The molecule has 0 atom stereocenters. The zero-order chi connectivity index (χ0) is 9.40. The highest BCUT2D eigenvalue weighted by molar-refractivity contribution is 5.26. The van der Waals surface area contributed by atoms with E-state index in [2.05, 4.69) is 50.2 Å². The van der Waals surface area contributed by atoms with Crippen molar-refractivity contribution in [3.05, 3.63) is 36.0 Å². The van der Waals surface area contributed by atoms with Crippen LogP contribution in [-0.2, 0) is 0 Å². The molecule has 0 fully saturated rings. The molecule has 0 aliphatic rings. The van der Waals surface area contributed by atoms with E-state index in [-0.39, 0.29) is 0 Å². The van der Waals surface area contributed by atoms with E-state index in [0.29, 0.717) is 0 Å². The van der Waals surface area contributed by atoms with E-state index in [0.717, 1.165) is 6.42 Å². The zero-order valence-electron chi connectivity index (χ0n) is 7.93. The monoisotopic (exact) mass is 163 g/mol. The second-order valence-electron chi connectivity index (χ2n) is 2.25. The normalized spacial score (nSPS) is 12.5. The van der Waals surface area contributed by atoms with Crippen molar-refractivity contribution >= 4 is 12.2 Å². The summed E-state index contributed by atoms with van der Waals surface area (Å²) >= 11 is 0. The van der Waals surface area contributed by atoms with Crippen molar-refractivity contribution in [3.8, 4) is 0 Å². The highest BCUT2D eigenvalue weighted by Crippen LogP contribution is 1.72. The summed E-state index contributed by atoms with van der Waals surface area (Å²) < 4.78 is 0. The van der Waals surface area contributed by atoms with Gasteiger partial charge in [0.2, 0.25) is 0 Å². The van der Waals surface area contributed by atoms with Crippen LogP contribution in [0.1, 0.15) is 20.3 Å². The van der Waals surface area contributed by atoms with Crippen LogP contribution < -0.4 is 10.6 Å². The summed E-state index contributed by atoms with van der Waals surface area (Å²) in [4.78, 5) is 3.17. The molecular weight excluding hydrogens is 146 g/mol. The van der Waals surface area contributed by atoms with Gasteiger partial charge in [-0.3, -0.25) is 0 Å². The van der Waals surface area contributed by atoms with Crippen LogP contribution >= 0.6 is 0 Å². The Morgan fingerprint density at radius 1 is 1.50 bits per heavy atom. The molecule has 1 heteroatoms. The lowest BCUT2D eigenvalue weighted by molar-refractivity contribution is 1.23. The first-order valence-electron chi connectivity index (χ1n) is 4.18. The van der Waals surface area contributed by atoms with E-state index in [9.17, 15) is 0 Å². The lowest BCUT2D eigenvalue weighted by Gasteiger charge is -1.77. The van der Waals surface area contributed by atoms with E-state index in [1.54, 1.807) is 0 Å². The third-order valence-corrected chi connectivity index (χ3v) is 1.53. The van der Waals surface area contributed by atoms with Crippen LogP contribution in [0.25, 0.3) is 12.2 Å². The molecule has 0 saturated heterocycles. The Morgan fingerprint density at radius 3 is 2.67 bits per heavy atom. The molecule has 1 aromatic rings. The number of aromatic nitrogens is 1. The van der Waals surface area contributed by atoms with Crippen LogP contribution in [0.5, 0.6) is 0 Å². The number of rotatable bonds is 1. The van der Waals surface area contributed by atoms with E-state index in [1.165, 1.54) is 10.6 Å². The standard InChI is InChI=1S/C9H13N.C2H4/c1-3-5-9-8(4-2)6-7-10-9;1-2/h4-7,10H,3H2,1-2H3;1-2H2/b8-4-,9-5+;. The number of aromatic amines is 1. The van der Waals surface area contributed by atoms with Gasteiger partial charge in [0.25, 0.3) is 0 Å². The fourth-order valence-electron chi connectivity index (χ4n) is 1.03. The average Bonchev–Trinajstić information content (AvgIpc) is 2.56. The van der Waals surface area contributed by atoms with Crippen LogP contribution in [0.2, 0.25) is 0 Å². The fourth-order valence-corrected chi connectivity index (χ4v) is 1.03. The maximum Gasteiger partial charge on any atom is 0.0409 e. The van der Waals surface area contributed by atoms with Gasteiger partial charge in [0.05, 0.1) is 0 Å². The number of hydrogen-bond donors (Lipinski definition) is 1. The van der Waals surface area contributed by atoms with Crippen molar-refractivity contribution in [2.45, 2.75) is 20.3 Å². The third kappa shape index (κ3) is 2.79. The second kappa shape index (κ2) is 6.47. The van der Waals surface area contributed by atoms with Crippen molar-refractivity contribution in [2.24, 2.45) is 0 Å². The number of H-pyrrole nitrogens is 1. The minimum Gasteiger partial charge on any atom is -0.361 e. The van der Waals surface area contributed by atoms with Gasteiger partial charge in [-0.1, -0.05) is 19.1 Å². The summed E-state index contributed by atoms with van der Waals surface area (Å²) in [7, 11) is 0. The Hall–Kier alpha value is -1.24. The first kappa shape index (κ1) is 10.8. The summed E-state index contributed by atoms with van der Waals surface area (Å²) in [6.45, 7) is 10.2. The Morgan fingerprint density at radius 2 is 2.17 bits per heavy atom. The van der Waals surface area contributed by atoms with Gasteiger partial charge >= 0.3 is 0 Å². The van der Waals surface area contributed by atoms with E-state index in [1.807, 2.05) is 6.20 Å². The Labute approximate surface area is 74.1 Å². The maximum atomic E-state index is 3.17. The molecule has 0 aromatic carbocycles. The van der Waals surface area contributed by atoms with E-state index < -0.39 is 0 Å². The smallest absolute Gasteiger partial charge is 0.0409 e. The van der Waals surface area contributed by atoms with Gasteiger partial charge in [0.1, 0.15) is 0 Å². The van der Waals surface area contributed by atoms with Gasteiger partial charge < -0.3 is 4.98 Å². The molecule has 1 aromatic heterocycles. The van der Waals surface area contributed by atoms with Crippen molar-refractivity contribution in [1.82, 2.24) is 4.98 Å². The predicted molar refractivity (Wildman–Crippen MR) is 56.2 cm³/mol. The third-order valence-electron chi connectivity index (χ3n) is 1.53. The Balaban J connectivity index is 0.000000561. The van der Waals surface area contributed by atoms with Gasteiger partial charge in [0.15, 0.2) is 0 Å². The van der Waals surface area contributed by atoms with E-state index >= 15 is 0 Å². The molecule has 1 rings (SSSR count). The molecular formula is C11H17N. The first-order valence-corrected chi connectivity index (χ1v) is 4.18. The zero-order valence-corrected chi connectivity index (χ0v) is 7.93. The number of hydrogen-bond acceptors (Lipinski definition) is 0. The molecule has 0 amide bonds. The molecule has 66 valence electrons. The largest absolute Gasteiger partial charge is 0.361 e. The van der Waals surface area contributed by atoms with Crippen LogP contribution in [0.15, 0.2) is 25.4 Å². The molecule has 1 N–H and O–H groups in total. The molecule has 0 radical (unpaired) electrons. The lowest BCUT2D eigenvalue weighted by atomic mass is 10.3. The van der Waals surface area contributed by atoms with E-state index in [4.69, 9.17) is 0 Å². The summed E-state index contributed by atoms with van der Waals surface area (Å²) in [6.07, 6.45) is 7.35. The number of nitrogens with one attached hydrogen (secondary N) is 1. The topological polar surface area (TPSA) is 15.8 Å². The quantitative estimate of drug-likeness (QED) is 0.608. The second-order valence-corrected chi connectivity index (χ2v) is 2.25. The summed E-state index contributed by atoms with van der Waals surface area (Å²) in [5.74, 6) is 0. The van der Waals surface area contributed by atoms with Gasteiger partial charge in [-0.05, 0) is 24.6 Å². The van der Waals surface area contributed by atoms with Gasteiger partial charge in [0, 0.05) is 11.5 Å². The Kier molecular flexibility index (Phi) is 5.80. The van der Waals surface area contributed by atoms with Gasteiger partial charge in [-0.2, -0.15) is 0 Å². The highest BCUT2D eigenvalue weighted by Gasteiger charge is 1.80. The molecule has 12 heavy (non-hydrogen) atoms. The summed E-state index contributed by atoms with van der Waals surface area (Å²) in [5, 5.41) is 2.53. The molecule has 0 saturated carbocycles.